The van der Waals surface area contributed by atoms with Crippen molar-refractivity contribution in [3.05, 3.63) is 16.4 Å². The Morgan fingerprint density at radius 2 is 2.06 bits per heavy atom. The second-order valence-corrected chi connectivity index (χ2v) is 5.42. The van der Waals surface area contributed by atoms with Gasteiger partial charge in [0.05, 0.1) is 16.4 Å². The maximum Gasteiger partial charge on any atom is 0.241 e. The van der Waals surface area contributed by atoms with Gasteiger partial charge in [-0.1, -0.05) is 30.9 Å². The minimum absolute atomic E-state index is 0.0316. The lowest BCUT2D eigenvalue weighted by molar-refractivity contribution is -0.122. The smallest absolute Gasteiger partial charge is 0.241 e. The lowest BCUT2D eigenvalue weighted by Gasteiger charge is -2.22. The van der Waals surface area contributed by atoms with Crippen molar-refractivity contribution in [3.63, 3.8) is 0 Å². The highest BCUT2D eigenvalue weighted by atomic mass is 35.5. The van der Waals surface area contributed by atoms with Gasteiger partial charge in [-0.15, -0.1) is 0 Å². The first-order valence-corrected chi connectivity index (χ1v) is 6.94. The molecule has 1 aromatic rings. The molecule has 1 fully saturated rings. The second-order valence-electron chi connectivity index (χ2n) is 5.04. The minimum Gasteiger partial charge on any atom is -0.352 e. The van der Waals surface area contributed by atoms with Crippen molar-refractivity contribution >= 4 is 17.5 Å². The molecule has 5 heteroatoms. The molecule has 1 heterocycles. The number of hydrogen-bond acceptors (Lipinski definition) is 2. The van der Waals surface area contributed by atoms with Gasteiger partial charge < -0.3 is 5.32 Å². The number of rotatable bonds is 3. The van der Waals surface area contributed by atoms with Gasteiger partial charge in [0.25, 0.3) is 0 Å². The van der Waals surface area contributed by atoms with Gasteiger partial charge in [0, 0.05) is 6.04 Å². The fourth-order valence-corrected chi connectivity index (χ4v) is 2.62. The summed E-state index contributed by atoms with van der Waals surface area (Å²) in [4.78, 5) is 11.9. The molecule has 0 atom stereocenters. The molecule has 0 unspecified atom stereocenters. The van der Waals surface area contributed by atoms with Crippen molar-refractivity contribution in [2.24, 2.45) is 0 Å². The molecule has 0 aliphatic heterocycles. The van der Waals surface area contributed by atoms with Gasteiger partial charge in [0.2, 0.25) is 5.91 Å². The van der Waals surface area contributed by atoms with Crippen LogP contribution in [0.1, 0.15) is 43.5 Å². The van der Waals surface area contributed by atoms with Gasteiger partial charge >= 0.3 is 0 Å². The van der Waals surface area contributed by atoms with E-state index in [4.69, 9.17) is 11.6 Å². The van der Waals surface area contributed by atoms with E-state index in [2.05, 4.69) is 10.4 Å². The third-order valence-electron chi connectivity index (χ3n) is 3.56. The molecule has 1 saturated carbocycles. The Morgan fingerprint density at radius 1 is 1.39 bits per heavy atom. The molecular weight excluding hydrogens is 250 g/mol. The highest BCUT2D eigenvalue weighted by Crippen LogP contribution is 2.19. The fourth-order valence-electron chi connectivity index (χ4n) is 2.49. The molecule has 100 valence electrons. The molecule has 0 radical (unpaired) electrons. The third kappa shape index (κ3) is 3.05. The van der Waals surface area contributed by atoms with Crippen molar-refractivity contribution < 1.29 is 4.79 Å². The summed E-state index contributed by atoms with van der Waals surface area (Å²) >= 11 is 6.06. The van der Waals surface area contributed by atoms with E-state index < -0.39 is 0 Å². The first kappa shape index (κ1) is 13.4. The van der Waals surface area contributed by atoms with Gasteiger partial charge in [-0.2, -0.15) is 5.10 Å². The molecule has 18 heavy (non-hydrogen) atoms. The monoisotopic (exact) mass is 269 g/mol. The Balaban J connectivity index is 1.92. The van der Waals surface area contributed by atoms with Gasteiger partial charge in [-0.05, 0) is 26.7 Å². The molecule has 1 N–H and O–H groups in total. The van der Waals surface area contributed by atoms with Crippen LogP contribution in [0.2, 0.25) is 5.02 Å². The fraction of sp³-hybridized carbons (Fsp3) is 0.692. The van der Waals surface area contributed by atoms with Crippen LogP contribution in [0.15, 0.2) is 0 Å². The van der Waals surface area contributed by atoms with Crippen LogP contribution in [0.5, 0.6) is 0 Å². The number of hydrogen-bond donors (Lipinski definition) is 1. The number of amides is 1. The van der Waals surface area contributed by atoms with E-state index in [1.54, 1.807) is 4.68 Å². The Hall–Kier alpha value is -1.03. The summed E-state index contributed by atoms with van der Waals surface area (Å²) in [5.74, 6) is 0.0316. The van der Waals surface area contributed by atoms with Crippen LogP contribution in [0.3, 0.4) is 0 Å². The Morgan fingerprint density at radius 3 is 2.61 bits per heavy atom. The summed E-state index contributed by atoms with van der Waals surface area (Å²) in [6, 6.07) is 0.346. The zero-order valence-corrected chi connectivity index (χ0v) is 11.8. The van der Waals surface area contributed by atoms with Crippen LogP contribution < -0.4 is 5.32 Å². The van der Waals surface area contributed by atoms with Crippen LogP contribution in [-0.4, -0.2) is 21.7 Å². The van der Waals surface area contributed by atoms with Crippen LogP contribution in [0.25, 0.3) is 0 Å². The maximum atomic E-state index is 11.9. The number of carbonyl (C=O) groups is 1. The highest BCUT2D eigenvalue weighted by Gasteiger charge is 2.17. The van der Waals surface area contributed by atoms with Crippen LogP contribution in [-0.2, 0) is 11.3 Å². The molecule has 1 amide bonds. The van der Waals surface area contributed by atoms with Crippen molar-refractivity contribution in [2.75, 3.05) is 0 Å². The molecule has 1 aliphatic rings. The molecule has 1 aliphatic carbocycles. The van der Waals surface area contributed by atoms with Crippen LogP contribution in [0, 0.1) is 13.8 Å². The number of halogens is 1. The van der Waals surface area contributed by atoms with Crippen LogP contribution >= 0.6 is 11.6 Å². The second kappa shape index (κ2) is 5.74. The molecule has 0 aromatic carbocycles. The van der Waals surface area contributed by atoms with E-state index in [1.165, 1.54) is 19.3 Å². The zero-order valence-electron chi connectivity index (χ0n) is 11.0. The quantitative estimate of drug-likeness (QED) is 0.917. The Labute approximate surface area is 113 Å². The topological polar surface area (TPSA) is 46.9 Å². The summed E-state index contributed by atoms with van der Waals surface area (Å²) in [7, 11) is 0. The minimum atomic E-state index is 0.0316. The van der Waals surface area contributed by atoms with Gasteiger partial charge in [0.1, 0.15) is 6.54 Å². The molecule has 2 rings (SSSR count). The normalized spacial score (nSPS) is 16.8. The molecule has 4 nitrogen and oxygen atoms in total. The molecule has 0 spiro atoms. The van der Waals surface area contributed by atoms with Crippen LogP contribution in [0.4, 0.5) is 0 Å². The standard InChI is InChI=1S/C13H20ClN3O/c1-9-13(14)10(2)17(16-9)8-12(18)15-11-6-4-3-5-7-11/h11H,3-8H2,1-2H3,(H,15,18). The molecule has 0 saturated heterocycles. The Bertz CT molecular complexity index is 436. The van der Waals surface area contributed by atoms with Crippen molar-refractivity contribution in [2.45, 2.75) is 58.5 Å². The largest absolute Gasteiger partial charge is 0.352 e. The SMILES string of the molecule is Cc1nn(CC(=O)NC2CCCCC2)c(C)c1Cl. The van der Waals surface area contributed by atoms with Crippen molar-refractivity contribution in [3.8, 4) is 0 Å². The van der Waals surface area contributed by atoms with E-state index in [-0.39, 0.29) is 12.5 Å². The lowest BCUT2D eigenvalue weighted by Crippen LogP contribution is -2.38. The number of nitrogens with one attached hydrogen (secondary N) is 1. The van der Waals surface area contributed by atoms with E-state index >= 15 is 0 Å². The highest BCUT2D eigenvalue weighted by molar-refractivity contribution is 6.31. The van der Waals surface area contributed by atoms with Gasteiger partial charge in [0.15, 0.2) is 0 Å². The van der Waals surface area contributed by atoms with E-state index in [0.717, 1.165) is 24.2 Å². The average Bonchev–Trinajstić information content (AvgIpc) is 2.58. The Kier molecular flexibility index (Phi) is 4.27. The molecule has 1 aromatic heterocycles. The van der Waals surface area contributed by atoms with E-state index in [0.29, 0.717) is 11.1 Å². The van der Waals surface area contributed by atoms with Gasteiger partial charge in [-0.3, -0.25) is 9.48 Å². The average molecular weight is 270 g/mol. The van der Waals surface area contributed by atoms with Gasteiger partial charge in [-0.25, -0.2) is 0 Å². The predicted molar refractivity (Wildman–Crippen MR) is 71.7 cm³/mol. The lowest BCUT2D eigenvalue weighted by atomic mass is 9.95. The molecular formula is C13H20ClN3O. The first-order valence-electron chi connectivity index (χ1n) is 6.57. The molecule has 0 bridgehead atoms. The number of aromatic nitrogens is 2. The summed E-state index contributed by atoms with van der Waals surface area (Å²) < 4.78 is 1.68. The summed E-state index contributed by atoms with van der Waals surface area (Å²) in [5, 5.41) is 8.00. The number of nitrogens with zero attached hydrogens (tertiary/aromatic N) is 2. The summed E-state index contributed by atoms with van der Waals surface area (Å²) in [5.41, 5.74) is 1.63. The first-order chi connectivity index (χ1) is 8.58. The van der Waals surface area contributed by atoms with E-state index in [9.17, 15) is 4.79 Å². The summed E-state index contributed by atoms with van der Waals surface area (Å²) in [6.07, 6.45) is 5.93. The van der Waals surface area contributed by atoms with Crippen molar-refractivity contribution in [1.29, 1.82) is 0 Å². The zero-order chi connectivity index (χ0) is 13.1. The predicted octanol–water partition coefficient (Wildman–Crippen LogP) is 2.60. The number of aryl methyl sites for hydroxylation is 1. The third-order valence-corrected chi connectivity index (χ3v) is 4.10. The van der Waals surface area contributed by atoms with E-state index in [1.807, 2.05) is 13.8 Å². The summed E-state index contributed by atoms with van der Waals surface area (Å²) in [6.45, 7) is 4.00. The maximum absolute atomic E-state index is 11.9. The number of carbonyl (C=O) groups excluding carboxylic acids is 1. The van der Waals surface area contributed by atoms with Crippen molar-refractivity contribution in [1.82, 2.24) is 15.1 Å².